The predicted octanol–water partition coefficient (Wildman–Crippen LogP) is 7.79. The molecule has 1 aliphatic rings. The van der Waals surface area contributed by atoms with Gasteiger partial charge in [-0.05, 0) is 60.9 Å². The van der Waals surface area contributed by atoms with Gasteiger partial charge in [0.05, 0.1) is 24.6 Å². The van der Waals surface area contributed by atoms with Crippen LogP contribution in [0.3, 0.4) is 0 Å². The molecule has 206 valence electrons. The van der Waals surface area contributed by atoms with E-state index < -0.39 is 0 Å². The van der Waals surface area contributed by atoms with Crippen LogP contribution >= 0.6 is 11.8 Å². The van der Waals surface area contributed by atoms with E-state index in [-0.39, 0.29) is 11.9 Å². The zero-order chi connectivity index (χ0) is 28.3. The smallest absolute Gasteiger partial charge is 0.253 e. The van der Waals surface area contributed by atoms with Gasteiger partial charge in [0.15, 0.2) is 0 Å². The molecule has 0 saturated carbocycles. The first-order valence-corrected chi connectivity index (χ1v) is 14.8. The zero-order valence-electron chi connectivity index (χ0n) is 23.6. The van der Waals surface area contributed by atoms with Gasteiger partial charge < -0.3 is 9.30 Å². The van der Waals surface area contributed by atoms with Crippen molar-refractivity contribution in [2.45, 2.75) is 37.8 Å². The highest BCUT2D eigenvalue weighted by atomic mass is 32.2. The van der Waals surface area contributed by atoms with Gasteiger partial charge in [-0.25, -0.2) is 5.01 Å². The van der Waals surface area contributed by atoms with Crippen LogP contribution in [0.15, 0.2) is 113 Å². The third kappa shape index (κ3) is 5.79. The second-order valence-corrected chi connectivity index (χ2v) is 11.6. The molecular formula is C35H33N3O2S. The quantitative estimate of drug-likeness (QED) is 0.182. The molecule has 1 atom stereocenters. The summed E-state index contributed by atoms with van der Waals surface area (Å²) >= 11 is 1.58. The number of amides is 1. The first-order chi connectivity index (χ1) is 20.0. The van der Waals surface area contributed by atoms with E-state index in [2.05, 4.69) is 97.4 Å². The average molecular weight is 560 g/mol. The molecule has 4 aromatic carbocycles. The summed E-state index contributed by atoms with van der Waals surface area (Å²) in [5, 5.41) is 7.74. The third-order valence-electron chi connectivity index (χ3n) is 7.59. The maximum Gasteiger partial charge on any atom is 0.253 e. The maximum atomic E-state index is 13.8. The molecule has 0 radical (unpaired) electrons. The molecule has 6 heteroatoms. The lowest BCUT2D eigenvalue weighted by molar-refractivity contribution is -0.130. The Bertz CT molecular complexity index is 1720. The fourth-order valence-electron chi connectivity index (χ4n) is 5.42. The number of nitrogens with zero attached hydrogens (tertiary/aromatic N) is 3. The van der Waals surface area contributed by atoms with Crippen molar-refractivity contribution in [2.24, 2.45) is 5.10 Å². The number of aromatic nitrogens is 1. The van der Waals surface area contributed by atoms with E-state index in [1.807, 2.05) is 24.3 Å². The van der Waals surface area contributed by atoms with Crippen LogP contribution in [-0.4, -0.2) is 34.1 Å². The molecule has 0 spiro atoms. The second kappa shape index (κ2) is 11.7. The number of methoxy groups -OCH3 is 1. The third-order valence-corrected chi connectivity index (χ3v) is 8.62. The standard InChI is InChI=1S/C35H33N3O2S/c1-24-11-13-28(14-12-24)33-20-31(27-15-17-29(40-3)18-16-27)36-38(33)35(39)23-41-34-22-37(32-10-5-4-9-30(32)34)21-26-8-6-7-25(2)19-26/h4-19,22,33H,20-21,23H2,1-3H3/t33-/m1/s1. The fraction of sp³-hybridized carbons (Fsp3) is 0.200. The summed E-state index contributed by atoms with van der Waals surface area (Å²) in [4.78, 5) is 14.9. The number of carbonyl (C=O) groups excluding carboxylic acids is 1. The van der Waals surface area contributed by atoms with Crippen molar-refractivity contribution in [3.63, 3.8) is 0 Å². The van der Waals surface area contributed by atoms with Gasteiger partial charge in [-0.3, -0.25) is 4.79 Å². The summed E-state index contributed by atoms with van der Waals surface area (Å²) in [6.45, 7) is 4.98. The molecule has 1 amide bonds. The number of thioether (sulfide) groups is 1. The highest BCUT2D eigenvalue weighted by Gasteiger charge is 2.33. The summed E-state index contributed by atoms with van der Waals surface area (Å²) in [5.41, 5.74) is 7.88. The molecule has 0 N–H and O–H groups in total. The molecular weight excluding hydrogens is 526 g/mol. The molecule has 1 aliphatic heterocycles. The van der Waals surface area contributed by atoms with Crippen LogP contribution in [-0.2, 0) is 11.3 Å². The van der Waals surface area contributed by atoms with Gasteiger partial charge in [0.1, 0.15) is 5.75 Å². The Balaban J connectivity index is 1.25. The SMILES string of the molecule is COc1ccc(C2=NN(C(=O)CSc3cn(Cc4cccc(C)c4)c4ccccc34)[C@@H](c3ccc(C)cc3)C2)cc1. The van der Waals surface area contributed by atoms with Crippen molar-refractivity contribution in [3.05, 3.63) is 131 Å². The van der Waals surface area contributed by atoms with Gasteiger partial charge in [0, 0.05) is 35.0 Å². The van der Waals surface area contributed by atoms with Crippen molar-refractivity contribution in [3.8, 4) is 5.75 Å². The fourth-order valence-corrected chi connectivity index (χ4v) is 6.36. The van der Waals surface area contributed by atoms with Gasteiger partial charge in [-0.2, -0.15) is 5.10 Å². The lowest BCUT2D eigenvalue weighted by Gasteiger charge is -2.22. The molecule has 1 aromatic heterocycles. The number of fused-ring (bicyclic) bond motifs is 1. The number of hydrogen-bond donors (Lipinski definition) is 0. The van der Waals surface area contributed by atoms with E-state index >= 15 is 0 Å². The Hall–Kier alpha value is -4.29. The van der Waals surface area contributed by atoms with Gasteiger partial charge in [-0.15, -0.1) is 11.8 Å². The molecule has 0 unspecified atom stereocenters. The highest BCUT2D eigenvalue weighted by molar-refractivity contribution is 8.00. The van der Waals surface area contributed by atoms with Crippen LogP contribution in [0.1, 0.15) is 40.3 Å². The van der Waals surface area contributed by atoms with E-state index in [0.29, 0.717) is 12.2 Å². The Morgan fingerprint density at radius 3 is 2.46 bits per heavy atom. The van der Waals surface area contributed by atoms with E-state index in [9.17, 15) is 4.79 Å². The number of ether oxygens (including phenoxy) is 1. The average Bonchev–Trinajstić information content (AvgIpc) is 3.59. The van der Waals surface area contributed by atoms with Crippen LogP contribution in [0.5, 0.6) is 5.75 Å². The molecule has 5 aromatic rings. The Morgan fingerprint density at radius 1 is 0.927 bits per heavy atom. The van der Waals surface area contributed by atoms with Crippen molar-refractivity contribution >= 4 is 34.3 Å². The van der Waals surface area contributed by atoms with Gasteiger partial charge in [-0.1, -0.05) is 77.9 Å². The Morgan fingerprint density at radius 2 is 1.71 bits per heavy atom. The van der Waals surface area contributed by atoms with E-state index in [1.165, 1.54) is 22.2 Å². The summed E-state index contributed by atoms with van der Waals surface area (Å²) in [6.07, 6.45) is 2.85. The summed E-state index contributed by atoms with van der Waals surface area (Å²) in [7, 11) is 1.66. The predicted molar refractivity (Wildman–Crippen MR) is 168 cm³/mol. The van der Waals surface area contributed by atoms with Gasteiger partial charge in [0.2, 0.25) is 0 Å². The molecule has 0 bridgehead atoms. The van der Waals surface area contributed by atoms with Crippen LogP contribution in [0.4, 0.5) is 0 Å². The normalized spacial score (nSPS) is 14.9. The molecule has 0 aliphatic carbocycles. The molecule has 5 nitrogen and oxygen atoms in total. The largest absolute Gasteiger partial charge is 0.497 e. The lowest BCUT2D eigenvalue weighted by Crippen LogP contribution is -2.28. The molecule has 2 heterocycles. The Labute approximate surface area is 245 Å². The maximum absolute atomic E-state index is 13.8. The number of rotatable bonds is 8. The molecule has 0 saturated heterocycles. The van der Waals surface area contributed by atoms with Gasteiger partial charge >= 0.3 is 0 Å². The second-order valence-electron chi connectivity index (χ2n) is 10.6. The minimum absolute atomic E-state index is 0.000369. The number of aryl methyl sites for hydroxylation is 2. The lowest BCUT2D eigenvalue weighted by atomic mass is 9.97. The highest BCUT2D eigenvalue weighted by Crippen LogP contribution is 2.36. The number of carbonyl (C=O) groups is 1. The van der Waals surface area contributed by atoms with Gasteiger partial charge in [0.25, 0.3) is 5.91 Å². The zero-order valence-corrected chi connectivity index (χ0v) is 24.4. The van der Waals surface area contributed by atoms with Crippen molar-refractivity contribution in [1.29, 1.82) is 0 Å². The van der Waals surface area contributed by atoms with Crippen molar-refractivity contribution in [2.75, 3.05) is 12.9 Å². The Kier molecular flexibility index (Phi) is 7.66. The summed E-state index contributed by atoms with van der Waals surface area (Å²) < 4.78 is 7.61. The minimum atomic E-state index is -0.136. The summed E-state index contributed by atoms with van der Waals surface area (Å²) in [5.74, 6) is 1.10. The topological polar surface area (TPSA) is 46.8 Å². The van der Waals surface area contributed by atoms with E-state index in [0.717, 1.165) is 39.4 Å². The first kappa shape index (κ1) is 26.9. The van der Waals surface area contributed by atoms with E-state index in [1.54, 1.807) is 23.9 Å². The monoisotopic (exact) mass is 559 g/mol. The van der Waals surface area contributed by atoms with Crippen LogP contribution in [0.25, 0.3) is 10.9 Å². The summed E-state index contributed by atoms with van der Waals surface area (Å²) in [6, 6.07) is 33.2. The molecule has 0 fully saturated rings. The number of hydrazone groups is 1. The van der Waals surface area contributed by atoms with Crippen molar-refractivity contribution in [1.82, 2.24) is 9.58 Å². The number of hydrogen-bond acceptors (Lipinski definition) is 4. The van der Waals surface area contributed by atoms with E-state index in [4.69, 9.17) is 9.84 Å². The van der Waals surface area contributed by atoms with Crippen LogP contribution in [0, 0.1) is 13.8 Å². The first-order valence-electron chi connectivity index (χ1n) is 13.9. The number of benzene rings is 4. The number of para-hydroxylation sites is 1. The van der Waals surface area contributed by atoms with Crippen LogP contribution < -0.4 is 4.74 Å². The molecule has 41 heavy (non-hydrogen) atoms. The molecule has 6 rings (SSSR count). The van der Waals surface area contributed by atoms with Crippen molar-refractivity contribution < 1.29 is 9.53 Å². The van der Waals surface area contributed by atoms with Crippen LogP contribution in [0.2, 0.25) is 0 Å². The minimum Gasteiger partial charge on any atom is -0.497 e.